The van der Waals surface area contributed by atoms with Gasteiger partial charge in [-0.15, -0.1) is 0 Å². The van der Waals surface area contributed by atoms with Crippen molar-refractivity contribution in [3.8, 4) is 0 Å². The predicted molar refractivity (Wildman–Crippen MR) is 96.3 cm³/mol. The molecule has 1 aromatic heterocycles. The summed E-state index contributed by atoms with van der Waals surface area (Å²) in [7, 11) is 0. The zero-order valence-corrected chi connectivity index (χ0v) is 14.5. The molecular weight excluding hydrogens is 300 g/mol. The molecular formula is C20H22N2O2. The van der Waals surface area contributed by atoms with E-state index >= 15 is 0 Å². The Morgan fingerprint density at radius 2 is 1.79 bits per heavy atom. The fraction of sp³-hybridized carbons (Fsp3) is 0.300. The number of hydrogen-bond donors (Lipinski definition) is 1. The summed E-state index contributed by atoms with van der Waals surface area (Å²) in [5, 5.41) is 7.88. The normalized spacial score (nSPS) is 11.2. The molecule has 24 heavy (non-hydrogen) atoms. The summed E-state index contributed by atoms with van der Waals surface area (Å²) in [5.41, 5.74) is 5.76. The van der Waals surface area contributed by atoms with Gasteiger partial charge in [0.25, 0.3) is 0 Å². The van der Waals surface area contributed by atoms with E-state index in [2.05, 4.69) is 24.3 Å². The SMILES string of the molecule is Cc1cc2onc(CC(=O)Nc3ccc(C(C)C)cc3)c2cc1C. The number of carbonyl (C=O) groups is 1. The highest BCUT2D eigenvalue weighted by Gasteiger charge is 2.14. The predicted octanol–water partition coefficient (Wildman–Crippen LogP) is 4.75. The number of carbonyl (C=O) groups excluding carboxylic acids is 1. The molecule has 0 saturated heterocycles. The molecule has 0 radical (unpaired) electrons. The molecule has 3 rings (SSSR count). The van der Waals surface area contributed by atoms with Crippen LogP contribution in [0.15, 0.2) is 40.9 Å². The summed E-state index contributed by atoms with van der Waals surface area (Å²) < 4.78 is 5.35. The average molecular weight is 322 g/mol. The average Bonchev–Trinajstić information content (AvgIpc) is 2.90. The van der Waals surface area contributed by atoms with E-state index in [1.807, 2.05) is 50.2 Å². The minimum atomic E-state index is -0.0966. The lowest BCUT2D eigenvalue weighted by molar-refractivity contribution is -0.115. The first-order chi connectivity index (χ1) is 11.4. The van der Waals surface area contributed by atoms with Gasteiger partial charge < -0.3 is 9.84 Å². The fourth-order valence-electron chi connectivity index (χ4n) is 2.68. The van der Waals surface area contributed by atoms with E-state index < -0.39 is 0 Å². The second-order valence-corrected chi connectivity index (χ2v) is 6.56. The first-order valence-corrected chi connectivity index (χ1v) is 8.19. The Kier molecular flexibility index (Phi) is 4.38. The second-order valence-electron chi connectivity index (χ2n) is 6.56. The van der Waals surface area contributed by atoms with E-state index in [-0.39, 0.29) is 12.3 Å². The van der Waals surface area contributed by atoms with Crippen LogP contribution in [-0.4, -0.2) is 11.1 Å². The monoisotopic (exact) mass is 322 g/mol. The quantitative estimate of drug-likeness (QED) is 0.754. The largest absolute Gasteiger partial charge is 0.356 e. The third-order valence-electron chi connectivity index (χ3n) is 4.35. The second kappa shape index (κ2) is 6.48. The zero-order valence-electron chi connectivity index (χ0n) is 14.5. The Morgan fingerprint density at radius 3 is 2.46 bits per heavy atom. The first kappa shape index (κ1) is 16.2. The van der Waals surface area contributed by atoms with Crippen molar-refractivity contribution in [2.24, 2.45) is 0 Å². The van der Waals surface area contributed by atoms with Gasteiger partial charge in [0.05, 0.1) is 6.42 Å². The van der Waals surface area contributed by atoms with E-state index in [4.69, 9.17) is 4.52 Å². The molecule has 0 fully saturated rings. The van der Waals surface area contributed by atoms with Gasteiger partial charge in [0.2, 0.25) is 5.91 Å². The minimum absolute atomic E-state index is 0.0966. The summed E-state index contributed by atoms with van der Waals surface area (Å²) in [6, 6.07) is 11.9. The van der Waals surface area contributed by atoms with Gasteiger partial charge >= 0.3 is 0 Å². The van der Waals surface area contributed by atoms with Crippen molar-refractivity contribution in [3.63, 3.8) is 0 Å². The number of aromatic nitrogens is 1. The van der Waals surface area contributed by atoms with Crippen molar-refractivity contribution in [2.45, 2.75) is 40.0 Å². The maximum absolute atomic E-state index is 12.3. The number of nitrogens with zero attached hydrogens (tertiary/aromatic N) is 1. The number of aryl methyl sites for hydroxylation is 2. The van der Waals surface area contributed by atoms with E-state index in [1.165, 1.54) is 5.56 Å². The molecule has 0 bridgehead atoms. The van der Waals surface area contributed by atoms with Crippen LogP contribution >= 0.6 is 0 Å². The summed E-state index contributed by atoms with van der Waals surface area (Å²) in [6.07, 6.45) is 0.196. The van der Waals surface area contributed by atoms with Crippen LogP contribution in [0.25, 0.3) is 11.0 Å². The number of rotatable bonds is 4. The molecule has 0 unspecified atom stereocenters. The fourth-order valence-corrected chi connectivity index (χ4v) is 2.68. The highest BCUT2D eigenvalue weighted by molar-refractivity contribution is 5.94. The van der Waals surface area contributed by atoms with Crippen LogP contribution in [0, 0.1) is 13.8 Å². The van der Waals surface area contributed by atoms with E-state index in [9.17, 15) is 4.79 Å². The molecule has 3 aromatic rings. The van der Waals surface area contributed by atoms with Crippen molar-refractivity contribution in [1.29, 1.82) is 0 Å². The lowest BCUT2D eigenvalue weighted by atomic mass is 10.0. The maximum atomic E-state index is 12.3. The Balaban J connectivity index is 1.74. The molecule has 2 aromatic carbocycles. The lowest BCUT2D eigenvalue weighted by Crippen LogP contribution is -2.14. The standard InChI is InChI=1S/C20H22N2O2/c1-12(2)15-5-7-16(8-6-15)21-20(23)11-18-17-9-13(3)14(4)10-19(17)24-22-18/h5-10,12H,11H2,1-4H3,(H,21,23). The van der Waals surface area contributed by atoms with E-state index in [0.29, 0.717) is 11.6 Å². The van der Waals surface area contributed by atoms with Crippen LogP contribution in [0.2, 0.25) is 0 Å². The van der Waals surface area contributed by atoms with Gasteiger partial charge in [-0.05, 0) is 60.7 Å². The molecule has 4 heteroatoms. The smallest absolute Gasteiger partial charge is 0.230 e. The van der Waals surface area contributed by atoms with Gasteiger partial charge in [-0.1, -0.05) is 31.1 Å². The molecule has 124 valence electrons. The molecule has 4 nitrogen and oxygen atoms in total. The van der Waals surface area contributed by atoms with E-state index in [0.717, 1.165) is 27.8 Å². The van der Waals surface area contributed by atoms with Crippen LogP contribution in [0.4, 0.5) is 5.69 Å². The molecule has 1 amide bonds. The van der Waals surface area contributed by atoms with Crippen LogP contribution < -0.4 is 5.32 Å². The van der Waals surface area contributed by atoms with Crippen LogP contribution in [-0.2, 0) is 11.2 Å². The zero-order chi connectivity index (χ0) is 17.3. The Morgan fingerprint density at radius 1 is 1.12 bits per heavy atom. The summed E-state index contributed by atoms with van der Waals surface area (Å²) in [6.45, 7) is 8.37. The van der Waals surface area contributed by atoms with Gasteiger partial charge in [-0.25, -0.2) is 0 Å². The molecule has 1 N–H and O–H groups in total. The molecule has 0 spiro atoms. The first-order valence-electron chi connectivity index (χ1n) is 8.19. The number of benzene rings is 2. The van der Waals surface area contributed by atoms with Crippen LogP contribution in [0.3, 0.4) is 0 Å². The van der Waals surface area contributed by atoms with E-state index in [1.54, 1.807) is 0 Å². The molecule has 1 heterocycles. The number of nitrogens with one attached hydrogen (secondary N) is 1. The maximum Gasteiger partial charge on any atom is 0.230 e. The molecule has 0 atom stereocenters. The summed E-state index contributed by atoms with van der Waals surface area (Å²) >= 11 is 0. The highest BCUT2D eigenvalue weighted by atomic mass is 16.5. The lowest BCUT2D eigenvalue weighted by Gasteiger charge is -2.08. The van der Waals surface area contributed by atoms with Gasteiger partial charge in [-0.3, -0.25) is 4.79 Å². The van der Waals surface area contributed by atoms with Gasteiger partial charge in [0, 0.05) is 11.1 Å². The third kappa shape index (κ3) is 3.32. The topological polar surface area (TPSA) is 55.1 Å². The van der Waals surface area contributed by atoms with Crippen molar-refractivity contribution in [2.75, 3.05) is 5.32 Å². The number of hydrogen-bond acceptors (Lipinski definition) is 3. The summed E-state index contributed by atoms with van der Waals surface area (Å²) in [5.74, 6) is 0.378. The van der Waals surface area contributed by atoms with Gasteiger partial charge in [-0.2, -0.15) is 0 Å². The van der Waals surface area contributed by atoms with Gasteiger partial charge in [0.15, 0.2) is 5.58 Å². The van der Waals surface area contributed by atoms with Crippen LogP contribution in [0.1, 0.15) is 42.1 Å². The molecule has 0 aliphatic heterocycles. The Labute approximate surface area is 141 Å². The number of amides is 1. The number of fused-ring (bicyclic) bond motifs is 1. The van der Waals surface area contributed by atoms with Crippen LogP contribution in [0.5, 0.6) is 0 Å². The van der Waals surface area contributed by atoms with Crippen molar-refractivity contribution in [1.82, 2.24) is 5.16 Å². The Hall–Kier alpha value is -2.62. The number of anilines is 1. The Bertz CT molecular complexity index is 877. The van der Waals surface area contributed by atoms with Crippen molar-refractivity contribution >= 4 is 22.6 Å². The van der Waals surface area contributed by atoms with Gasteiger partial charge in [0.1, 0.15) is 5.69 Å². The molecule has 0 saturated carbocycles. The third-order valence-corrected chi connectivity index (χ3v) is 4.35. The highest BCUT2D eigenvalue weighted by Crippen LogP contribution is 2.23. The van der Waals surface area contributed by atoms with Crippen molar-refractivity contribution in [3.05, 3.63) is 58.8 Å². The minimum Gasteiger partial charge on any atom is -0.356 e. The molecule has 0 aliphatic carbocycles. The molecule has 0 aliphatic rings. The van der Waals surface area contributed by atoms with Crippen molar-refractivity contribution < 1.29 is 9.32 Å². The summed E-state index contributed by atoms with van der Waals surface area (Å²) in [4.78, 5) is 12.3.